The van der Waals surface area contributed by atoms with E-state index in [0.717, 1.165) is 47.5 Å². The average molecular weight is 458 g/mol. The first-order valence-electron chi connectivity index (χ1n) is 10.5. The number of carbonyl (C=O) groups excluding carboxylic acids is 1. The number of benzene rings is 2. The minimum absolute atomic E-state index is 0.549. The van der Waals surface area contributed by atoms with E-state index in [1.807, 2.05) is 65.7 Å². The molecule has 0 saturated carbocycles. The Morgan fingerprint density at radius 1 is 1.06 bits per heavy atom. The smallest absolute Gasteiger partial charge is 0.266 e. The van der Waals surface area contributed by atoms with Gasteiger partial charge in [-0.2, -0.15) is 0 Å². The van der Waals surface area contributed by atoms with E-state index in [9.17, 15) is 9.70 Å². The number of hydrogen-bond donors (Lipinski definition) is 1. The summed E-state index contributed by atoms with van der Waals surface area (Å²) < 4.78 is 0. The van der Waals surface area contributed by atoms with Crippen LogP contribution >= 0.6 is 11.3 Å². The highest BCUT2D eigenvalue weighted by Gasteiger charge is 2.10. The molecule has 4 rings (SSSR count). The van der Waals surface area contributed by atoms with Crippen LogP contribution in [-0.2, 0) is 24.3 Å². The molecule has 2 aromatic carbocycles. The number of nitrogens with zero attached hydrogens (tertiary/aromatic N) is 4. The van der Waals surface area contributed by atoms with Crippen molar-refractivity contribution in [2.75, 3.05) is 6.54 Å². The molecule has 8 heteroatoms. The lowest BCUT2D eigenvalue weighted by atomic mass is 10.1. The van der Waals surface area contributed by atoms with E-state index in [1.54, 1.807) is 17.4 Å². The molecular weight excluding hydrogens is 434 g/mol. The van der Waals surface area contributed by atoms with Crippen LogP contribution in [0.4, 0.5) is 0 Å². The number of thiazole rings is 1. The zero-order valence-electron chi connectivity index (χ0n) is 17.9. The van der Waals surface area contributed by atoms with Crippen molar-refractivity contribution in [1.29, 1.82) is 0 Å². The Hall–Kier alpha value is -3.75. The third kappa shape index (κ3) is 6.61. The fraction of sp³-hybridized carbons (Fsp3) is 0.160. The van der Waals surface area contributed by atoms with Gasteiger partial charge in [0.05, 0.1) is 17.3 Å². The topological polar surface area (TPSA) is 87.5 Å². The van der Waals surface area contributed by atoms with Crippen LogP contribution in [0.15, 0.2) is 83.7 Å². The summed E-state index contributed by atoms with van der Waals surface area (Å²) in [6, 6.07) is 18.3. The van der Waals surface area contributed by atoms with Crippen LogP contribution in [0.25, 0.3) is 17.0 Å². The van der Waals surface area contributed by atoms with E-state index in [0.29, 0.717) is 0 Å². The molecule has 7 nitrogen and oxygen atoms in total. The summed E-state index contributed by atoms with van der Waals surface area (Å²) in [6.45, 7) is 2.43. The van der Waals surface area contributed by atoms with Crippen molar-refractivity contribution >= 4 is 34.2 Å². The average Bonchev–Trinajstić information content (AvgIpc) is 3.35. The summed E-state index contributed by atoms with van der Waals surface area (Å²) in [6.07, 6.45) is 7.61. The fourth-order valence-corrected chi connectivity index (χ4v) is 4.18. The molecule has 0 spiro atoms. The van der Waals surface area contributed by atoms with Gasteiger partial charge in [-0.15, -0.1) is 16.2 Å². The Labute approximate surface area is 195 Å². The predicted molar refractivity (Wildman–Crippen MR) is 131 cm³/mol. The molecular formula is C25H23N5O2S. The van der Waals surface area contributed by atoms with Gasteiger partial charge >= 0.3 is 0 Å². The third-order valence-corrected chi connectivity index (χ3v) is 5.94. The van der Waals surface area contributed by atoms with E-state index in [1.165, 1.54) is 17.2 Å². The Morgan fingerprint density at radius 3 is 2.70 bits per heavy atom. The van der Waals surface area contributed by atoms with Crippen LogP contribution < -0.4 is 5.43 Å². The van der Waals surface area contributed by atoms with Gasteiger partial charge in [-0.3, -0.25) is 14.7 Å². The van der Waals surface area contributed by atoms with E-state index < -0.39 is 5.91 Å². The van der Waals surface area contributed by atoms with Crippen LogP contribution in [0, 0.1) is 4.91 Å². The molecule has 1 amide bonds. The normalized spacial score (nSPS) is 11.3. The molecule has 166 valence electrons. The number of rotatable bonds is 10. The van der Waals surface area contributed by atoms with Gasteiger partial charge in [0.1, 0.15) is 5.01 Å². The Kier molecular flexibility index (Phi) is 7.63. The van der Waals surface area contributed by atoms with Gasteiger partial charge in [0.2, 0.25) is 0 Å². The first-order valence-corrected chi connectivity index (χ1v) is 11.4. The van der Waals surface area contributed by atoms with Crippen molar-refractivity contribution in [2.24, 2.45) is 5.29 Å². The number of nitrogens with one attached hydrogen (secondary N) is 1. The summed E-state index contributed by atoms with van der Waals surface area (Å²) >= 11 is 1.66. The Bertz CT molecular complexity index is 1240. The van der Waals surface area contributed by atoms with Crippen molar-refractivity contribution < 1.29 is 4.79 Å². The molecule has 0 radical (unpaired) electrons. The monoisotopic (exact) mass is 457 g/mol. The number of nitroso groups, excluding NO2 is 1. The summed E-state index contributed by atoms with van der Waals surface area (Å²) in [7, 11) is 0. The number of amides is 1. The highest BCUT2D eigenvalue weighted by Crippen LogP contribution is 2.17. The molecule has 0 unspecified atom stereocenters. The van der Waals surface area contributed by atoms with E-state index in [4.69, 9.17) is 0 Å². The second kappa shape index (κ2) is 11.2. The number of para-hydroxylation sites is 1. The fourth-order valence-electron chi connectivity index (χ4n) is 3.52. The SMILES string of the molecule is O=NNC(=O)/C=C/c1ccc(CN(CCc2cnc3ccccc3c2)Cc2nccs2)cc1. The van der Waals surface area contributed by atoms with Gasteiger partial charge in [-0.1, -0.05) is 42.5 Å². The molecule has 0 aliphatic heterocycles. The second-order valence-corrected chi connectivity index (χ2v) is 8.54. The number of pyridine rings is 1. The molecule has 0 saturated heterocycles. The molecule has 33 heavy (non-hydrogen) atoms. The maximum Gasteiger partial charge on any atom is 0.266 e. The number of fused-ring (bicyclic) bond motifs is 1. The molecule has 2 heterocycles. The zero-order valence-corrected chi connectivity index (χ0v) is 18.7. The molecule has 0 atom stereocenters. The highest BCUT2D eigenvalue weighted by molar-refractivity contribution is 7.09. The Morgan fingerprint density at radius 2 is 1.91 bits per heavy atom. The van der Waals surface area contributed by atoms with Crippen LogP contribution in [0.2, 0.25) is 0 Å². The molecule has 4 aromatic rings. The summed E-state index contributed by atoms with van der Waals surface area (Å²) in [5, 5.41) is 6.60. The van der Waals surface area contributed by atoms with Gasteiger partial charge in [0, 0.05) is 42.3 Å². The third-order valence-electron chi connectivity index (χ3n) is 5.18. The number of carbonyl (C=O) groups is 1. The molecule has 0 bridgehead atoms. The van der Waals surface area contributed by atoms with E-state index >= 15 is 0 Å². The maximum atomic E-state index is 11.3. The van der Waals surface area contributed by atoms with Crippen molar-refractivity contribution in [2.45, 2.75) is 19.5 Å². The van der Waals surface area contributed by atoms with Crippen LogP contribution in [0.3, 0.4) is 0 Å². The number of hydrogen-bond acceptors (Lipinski definition) is 7. The van der Waals surface area contributed by atoms with Crippen LogP contribution in [-0.4, -0.2) is 27.3 Å². The predicted octanol–water partition coefficient (Wildman–Crippen LogP) is 4.75. The Balaban J connectivity index is 1.42. The second-order valence-electron chi connectivity index (χ2n) is 7.57. The van der Waals surface area contributed by atoms with Crippen LogP contribution in [0.1, 0.15) is 21.7 Å². The lowest BCUT2D eigenvalue weighted by Crippen LogP contribution is -2.25. The first kappa shape index (κ1) is 22.4. The van der Waals surface area contributed by atoms with Crippen molar-refractivity contribution in [1.82, 2.24) is 20.3 Å². The van der Waals surface area contributed by atoms with Crippen molar-refractivity contribution in [3.05, 3.63) is 105 Å². The van der Waals surface area contributed by atoms with Gasteiger partial charge in [0.25, 0.3) is 5.91 Å². The summed E-state index contributed by atoms with van der Waals surface area (Å²) in [5.41, 5.74) is 6.09. The lowest BCUT2D eigenvalue weighted by molar-refractivity contribution is -0.116. The lowest BCUT2D eigenvalue weighted by Gasteiger charge is -2.21. The molecule has 0 aliphatic carbocycles. The minimum Gasteiger partial charge on any atom is -0.292 e. The number of aromatic nitrogens is 2. The van der Waals surface area contributed by atoms with Gasteiger partial charge in [-0.25, -0.2) is 10.4 Å². The van der Waals surface area contributed by atoms with Crippen LogP contribution in [0.5, 0.6) is 0 Å². The first-order chi connectivity index (χ1) is 16.2. The molecule has 0 fully saturated rings. The van der Waals surface area contributed by atoms with E-state index in [-0.39, 0.29) is 0 Å². The molecule has 0 aliphatic rings. The molecule has 2 aromatic heterocycles. The summed E-state index contributed by atoms with van der Waals surface area (Å²) in [4.78, 5) is 32.8. The quantitative estimate of drug-likeness (QED) is 0.211. The van der Waals surface area contributed by atoms with Gasteiger partial charge in [0.15, 0.2) is 0 Å². The van der Waals surface area contributed by atoms with E-state index in [2.05, 4.69) is 32.3 Å². The van der Waals surface area contributed by atoms with Gasteiger partial charge in [-0.05, 0) is 41.3 Å². The van der Waals surface area contributed by atoms with Crippen molar-refractivity contribution in [3.8, 4) is 0 Å². The van der Waals surface area contributed by atoms with Crippen molar-refractivity contribution in [3.63, 3.8) is 0 Å². The summed E-state index contributed by atoms with van der Waals surface area (Å²) in [5.74, 6) is -0.549. The maximum absolute atomic E-state index is 11.3. The molecule has 1 N–H and O–H groups in total. The zero-order chi connectivity index (χ0) is 22.9. The minimum atomic E-state index is -0.549. The standard InChI is InChI=1S/C25H23N5O2S/c31-24(28-29-32)10-9-19-5-7-20(8-6-19)17-30(18-25-26-12-14-33-25)13-11-21-15-22-3-1-2-4-23(22)27-16-21/h1-10,12,14-16H,11,13,17-18H2,(H,28,31,32)/b10-9+. The highest BCUT2D eigenvalue weighted by atomic mass is 32.1. The van der Waals surface area contributed by atoms with Gasteiger partial charge < -0.3 is 0 Å². The largest absolute Gasteiger partial charge is 0.292 e.